The fourth-order valence-electron chi connectivity index (χ4n) is 3.40. The third-order valence-corrected chi connectivity index (χ3v) is 4.79. The minimum absolute atomic E-state index is 0.0303. The topological polar surface area (TPSA) is 53.6 Å². The van der Waals surface area contributed by atoms with Gasteiger partial charge in [-0.25, -0.2) is 0 Å². The van der Waals surface area contributed by atoms with E-state index in [0.29, 0.717) is 24.4 Å². The highest BCUT2D eigenvalue weighted by atomic mass is 16.5. The summed E-state index contributed by atoms with van der Waals surface area (Å²) in [5.41, 5.74) is 3.04. The van der Waals surface area contributed by atoms with Crippen LogP contribution in [-0.2, 0) is 4.79 Å². The van der Waals surface area contributed by atoms with E-state index >= 15 is 0 Å². The van der Waals surface area contributed by atoms with Crippen molar-refractivity contribution in [1.82, 2.24) is 0 Å². The van der Waals surface area contributed by atoms with Gasteiger partial charge in [0, 0.05) is 37.4 Å². The summed E-state index contributed by atoms with van der Waals surface area (Å²) in [6.07, 6.45) is 4.35. The first-order chi connectivity index (χ1) is 13.6. The van der Waals surface area contributed by atoms with E-state index in [2.05, 4.69) is 39.8 Å². The maximum Gasteiger partial charge on any atom is 0.226 e. The molecule has 0 spiro atoms. The number of carbonyl (C=O) groups excluding carboxylic acids is 1. The van der Waals surface area contributed by atoms with Crippen molar-refractivity contribution >= 4 is 23.0 Å². The highest BCUT2D eigenvalue weighted by Gasteiger charge is 2.11. The van der Waals surface area contributed by atoms with Crippen LogP contribution in [0.25, 0.3) is 0 Å². The van der Waals surface area contributed by atoms with Gasteiger partial charge in [-0.05, 0) is 69.5 Å². The van der Waals surface area contributed by atoms with Gasteiger partial charge >= 0.3 is 0 Å². The predicted octanol–water partition coefficient (Wildman–Crippen LogP) is 4.90. The molecule has 0 atom stereocenters. The molecule has 1 amide bonds. The summed E-state index contributed by atoms with van der Waals surface area (Å²) in [7, 11) is 0. The van der Waals surface area contributed by atoms with Crippen molar-refractivity contribution in [2.24, 2.45) is 0 Å². The standard InChI is InChI=1S/C23H31N3O2/c1-18(2)28-22-9-5-4-8-21(22)25-23(27)14-15-24-19-10-12-20(13-11-19)26-16-6-3-7-17-26/h4-5,8-13,18,24H,3,6-7,14-17H2,1-2H3,(H,25,27). The average Bonchev–Trinajstić information content (AvgIpc) is 2.70. The first-order valence-corrected chi connectivity index (χ1v) is 10.3. The van der Waals surface area contributed by atoms with E-state index in [1.807, 2.05) is 38.1 Å². The minimum Gasteiger partial charge on any atom is -0.489 e. The lowest BCUT2D eigenvalue weighted by Gasteiger charge is -2.28. The molecule has 5 nitrogen and oxygen atoms in total. The molecule has 28 heavy (non-hydrogen) atoms. The van der Waals surface area contributed by atoms with Crippen molar-refractivity contribution in [1.29, 1.82) is 0 Å². The summed E-state index contributed by atoms with van der Waals surface area (Å²) < 4.78 is 5.75. The van der Waals surface area contributed by atoms with Crippen molar-refractivity contribution in [3.8, 4) is 5.75 Å². The van der Waals surface area contributed by atoms with Crippen molar-refractivity contribution in [2.45, 2.75) is 45.6 Å². The van der Waals surface area contributed by atoms with Crippen LogP contribution < -0.4 is 20.3 Å². The fourth-order valence-corrected chi connectivity index (χ4v) is 3.40. The number of hydrogen-bond acceptors (Lipinski definition) is 4. The van der Waals surface area contributed by atoms with Crippen LogP contribution >= 0.6 is 0 Å². The maximum atomic E-state index is 12.3. The molecule has 1 aliphatic rings. The van der Waals surface area contributed by atoms with Crippen LogP contribution in [0.5, 0.6) is 5.75 Å². The molecular weight excluding hydrogens is 350 g/mol. The van der Waals surface area contributed by atoms with Gasteiger partial charge in [-0.15, -0.1) is 0 Å². The molecule has 0 bridgehead atoms. The number of amides is 1. The number of para-hydroxylation sites is 2. The summed E-state index contributed by atoms with van der Waals surface area (Å²) >= 11 is 0. The van der Waals surface area contributed by atoms with Gasteiger partial charge < -0.3 is 20.3 Å². The fraction of sp³-hybridized carbons (Fsp3) is 0.435. The third kappa shape index (κ3) is 5.91. The van der Waals surface area contributed by atoms with E-state index in [1.54, 1.807) is 0 Å². The first kappa shape index (κ1) is 20.1. The second-order valence-corrected chi connectivity index (χ2v) is 7.48. The Balaban J connectivity index is 1.45. The van der Waals surface area contributed by atoms with Crippen LogP contribution in [-0.4, -0.2) is 31.6 Å². The Kier molecular flexibility index (Phi) is 7.18. The third-order valence-electron chi connectivity index (χ3n) is 4.79. The first-order valence-electron chi connectivity index (χ1n) is 10.3. The second-order valence-electron chi connectivity index (χ2n) is 7.48. The Morgan fingerprint density at radius 1 is 1.04 bits per heavy atom. The lowest BCUT2D eigenvalue weighted by molar-refractivity contribution is -0.116. The van der Waals surface area contributed by atoms with E-state index < -0.39 is 0 Å². The quantitative estimate of drug-likeness (QED) is 0.682. The van der Waals surface area contributed by atoms with Crippen LogP contribution in [0.1, 0.15) is 39.5 Å². The number of piperidine rings is 1. The summed E-state index contributed by atoms with van der Waals surface area (Å²) in [6.45, 7) is 6.82. The molecule has 0 aromatic heterocycles. The van der Waals surface area contributed by atoms with Crippen LogP contribution in [0, 0.1) is 0 Å². The van der Waals surface area contributed by atoms with Gasteiger partial charge in [-0.2, -0.15) is 0 Å². The van der Waals surface area contributed by atoms with E-state index in [-0.39, 0.29) is 12.0 Å². The Bertz CT molecular complexity index is 753. The average molecular weight is 382 g/mol. The van der Waals surface area contributed by atoms with Gasteiger partial charge in [0.1, 0.15) is 5.75 Å². The van der Waals surface area contributed by atoms with Crippen LogP contribution in [0.2, 0.25) is 0 Å². The minimum atomic E-state index is -0.0303. The van der Waals surface area contributed by atoms with Crippen LogP contribution in [0.4, 0.5) is 17.1 Å². The normalized spacial score (nSPS) is 14.0. The second kappa shape index (κ2) is 10.0. The predicted molar refractivity (Wildman–Crippen MR) is 116 cm³/mol. The molecule has 2 aromatic rings. The monoisotopic (exact) mass is 381 g/mol. The molecule has 2 aromatic carbocycles. The Labute approximate surface area is 168 Å². The van der Waals surface area contributed by atoms with E-state index in [0.717, 1.165) is 18.8 Å². The maximum absolute atomic E-state index is 12.3. The molecule has 0 saturated carbocycles. The van der Waals surface area contributed by atoms with E-state index in [4.69, 9.17) is 4.74 Å². The zero-order valence-electron chi connectivity index (χ0n) is 16.9. The number of anilines is 3. The van der Waals surface area contributed by atoms with Gasteiger partial charge in [-0.3, -0.25) is 4.79 Å². The zero-order chi connectivity index (χ0) is 19.8. The molecule has 1 fully saturated rings. The van der Waals surface area contributed by atoms with Crippen molar-refractivity contribution in [3.63, 3.8) is 0 Å². The molecule has 0 aliphatic carbocycles. The number of rotatable bonds is 8. The number of benzene rings is 2. The molecule has 150 valence electrons. The van der Waals surface area contributed by atoms with Crippen molar-refractivity contribution < 1.29 is 9.53 Å². The van der Waals surface area contributed by atoms with E-state index in [9.17, 15) is 4.79 Å². The van der Waals surface area contributed by atoms with Crippen molar-refractivity contribution in [2.75, 3.05) is 35.2 Å². The lowest BCUT2D eigenvalue weighted by Crippen LogP contribution is -2.29. The summed E-state index contributed by atoms with van der Waals surface area (Å²) in [5.74, 6) is 0.671. The molecule has 2 N–H and O–H groups in total. The molecule has 1 heterocycles. The number of nitrogens with zero attached hydrogens (tertiary/aromatic N) is 1. The van der Waals surface area contributed by atoms with Gasteiger partial charge in [0.15, 0.2) is 0 Å². The molecule has 5 heteroatoms. The molecule has 0 unspecified atom stereocenters. The number of hydrogen-bond donors (Lipinski definition) is 2. The Morgan fingerprint density at radius 3 is 2.46 bits per heavy atom. The Morgan fingerprint density at radius 2 is 1.75 bits per heavy atom. The highest BCUT2D eigenvalue weighted by molar-refractivity contribution is 5.92. The largest absolute Gasteiger partial charge is 0.489 e. The summed E-state index contributed by atoms with van der Waals surface area (Å²) in [6, 6.07) is 16.0. The number of ether oxygens (including phenoxy) is 1. The van der Waals surface area contributed by atoms with Gasteiger partial charge in [0.05, 0.1) is 11.8 Å². The molecule has 0 radical (unpaired) electrons. The molecular formula is C23H31N3O2. The van der Waals surface area contributed by atoms with Gasteiger partial charge in [-0.1, -0.05) is 12.1 Å². The van der Waals surface area contributed by atoms with E-state index in [1.165, 1.54) is 24.9 Å². The number of nitrogens with one attached hydrogen (secondary N) is 2. The summed E-state index contributed by atoms with van der Waals surface area (Å²) in [5, 5.41) is 6.27. The van der Waals surface area contributed by atoms with Crippen LogP contribution in [0.3, 0.4) is 0 Å². The zero-order valence-corrected chi connectivity index (χ0v) is 16.9. The highest BCUT2D eigenvalue weighted by Crippen LogP contribution is 2.25. The van der Waals surface area contributed by atoms with Gasteiger partial charge in [0.2, 0.25) is 5.91 Å². The van der Waals surface area contributed by atoms with Gasteiger partial charge in [0.25, 0.3) is 0 Å². The molecule has 1 aliphatic heterocycles. The molecule has 3 rings (SSSR count). The lowest BCUT2D eigenvalue weighted by atomic mass is 10.1. The summed E-state index contributed by atoms with van der Waals surface area (Å²) in [4.78, 5) is 14.7. The molecule has 1 saturated heterocycles. The van der Waals surface area contributed by atoms with Crippen molar-refractivity contribution in [3.05, 3.63) is 48.5 Å². The SMILES string of the molecule is CC(C)Oc1ccccc1NC(=O)CCNc1ccc(N2CCCCC2)cc1. The Hall–Kier alpha value is -2.69. The van der Waals surface area contributed by atoms with Crippen LogP contribution in [0.15, 0.2) is 48.5 Å². The smallest absolute Gasteiger partial charge is 0.226 e. The number of carbonyl (C=O) groups is 1.